The van der Waals surface area contributed by atoms with Crippen molar-refractivity contribution in [1.29, 1.82) is 0 Å². The lowest BCUT2D eigenvalue weighted by molar-refractivity contribution is -0.122. The maximum atomic E-state index is 11.7. The van der Waals surface area contributed by atoms with E-state index in [0.717, 1.165) is 6.54 Å². The Morgan fingerprint density at radius 1 is 1.53 bits per heavy atom. The molecule has 0 atom stereocenters. The third-order valence-electron chi connectivity index (χ3n) is 2.18. The molecule has 1 rings (SSSR count). The molecule has 1 amide bonds. The van der Waals surface area contributed by atoms with Crippen LogP contribution in [0.5, 0.6) is 0 Å². The van der Waals surface area contributed by atoms with Gasteiger partial charge >= 0.3 is 0 Å². The fourth-order valence-electron chi connectivity index (χ4n) is 1.36. The molecule has 1 aliphatic heterocycles. The average Bonchev–Trinajstić information content (AvgIpc) is 2.18. The van der Waals surface area contributed by atoms with Crippen LogP contribution in [0, 0.1) is 0 Å². The van der Waals surface area contributed by atoms with E-state index < -0.39 is 10.0 Å². The zero-order valence-electron chi connectivity index (χ0n) is 8.82. The van der Waals surface area contributed by atoms with Crippen LogP contribution in [0.3, 0.4) is 0 Å². The molecule has 0 aliphatic carbocycles. The maximum absolute atomic E-state index is 11.7. The molecular weight excluding hydrogens is 218 g/mol. The van der Waals surface area contributed by atoms with Crippen LogP contribution < -0.4 is 10.6 Å². The molecule has 1 saturated heterocycles. The van der Waals surface area contributed by atoms with Gasteiger partial charge in [0.25, 0.3) is 0 Å². The Hall–Kier alpha value is -0.660. The molecule has 0 saturated carbocycles. The Kier molecular flexibility index (Phi) is 4.49. The summed E-state index contributed by atoms with van der Waals surface area (Å²) in [6, 6.07) is 0. The summed E-state index contributed by atoms with van der Waals surface area (Å²) in [5, 5.41) is 5.54. The number of hydrogen-bond donors (Lipinski definition) is 2. The van der Waals surface area contributed by atoms with Gasteiger partial charge < -0.3 is 10.6 Å². The van der Waals surface area contributed by atoms with Gasteiger partial charge in [-0.2, -0.15) is 4.31 Å². The van der Waals surface area contributed by atoms with Gasteiger partial charge in [-0.25, -0.2) is 8.42 Å². The molecule has 0 aromatic heterocycles. The molecular formula is C8H17N3O3S. The van der Waals surface area contributed by atoms with E-state index in [1.807, 2.05) is 6.92 Å². The first kappa shape index (κ1) is 12.4. The molecule has 0 aromatic carbocycles. The highest BCUT2D eigenvalue weighted by Crippen LogP contribution is 2.02. The summed E-state index contributed by atoms with van der Waals surface area (Å²) in [4.78, 5) is 11.0. The number of nitrogens with zero attached hydrogens (tertiary/aromatic N) is 1. The normalized spacial score (nSPS) is 18.9. The second kappa shape index (κ2) is 5.43. The number of nitrogens with one attached hydrogen (secondary N) is 2. The molecule has 0 unspecified atom stereocenters. The molecule has 0 bridgehead atoms. The van der Waals surface area contributed by atoms with Gasteiger partial charge in [-0.05, 0) is 6.54 Å². The minimum Gasteiger partial charge on any atom is -0.354 e. The zero-order valence-corrected chi connectivity index (χ0v) is 9.64. The van der Waals surface area contributed by atoms with Crippen LogP contribution in [-0.2, 0) is 14.8 Å². The standard InChI is InChI=1S/C8H17N3O3S/c1-2-9-4-6-15(13,14)11-5-3-10-8(12)7-11/h9H,2-7H2,1H3,(H,10,12). The van der Waals surface area contributed by atoms with Crippen LogP contribution in [0.1, 0.15) is 6.92 Å². The van der Waals surface area contributed by atoms with Crippen molar-refractivity contribution in [2.24, 2.45) is 0 Å². The fourth-order valence-corrected chi connectivity index (χ4v) is 2.70. The predicted octanol–water partition coefficient (Wildman–Crippen LogP) is -1.64. The number of carbonyl (C=O) groups excluding carboxylic acids is 1. The molecule has 88 valence electrons. The molecule has 0 radical (unpaired) electrons. The summed E-state index contributed by atoms with van der Waals surface area (Å²) < 4.78 is 24.7. The number of sulfonamides is 1. The largest absolute Gasteiger partial charge is 0.354 e. The molecule has 1 aliphatic rings. The van der Waals surface area contributed by atoms with Crippen LogP contribution in [0.15, 0.2) is 0 Å². The van der Waals surface area contributed by atoms with E-state index in [4.69, 9.17) is 0 Å². The third kappa shape index (κ3) is 3.77. The Morgan fingerprint density at radius 2 is 2.27 bits per heavy atom. The molecule has 6 nitrogen and oxygen atoms in total. The van der Waals surface area contributed by atoms with E-state index in [2.05, 4.69) is 10.6 Å². The van der Waals surface area contributed by atoms with E-state index in [0.29, 0.717) is 19.6 Å². The van der Waals surface area contributed by atoms with Gasteiger partial charge in [-0.15, -0.1) is 0 Å². The minimum absolute atomic E-state index is 0.0472. The topological polar surface area (TPSA) is 78.5 Å². The van der Waals surface area contributed by atoms with Gasteiger partial charge in [0.2, 0.25) is 15.9 Å². The quantitative estimate of drug-likeness (QED) is 0.560. The van der Waals surface area contributed by atoms with Gasteiger partial charge in [-0.1, -0.05) is 6.92 Å². The molecule has 1 heterocycles. The highest BCUT2D eigenvalue weighted by molar-refractivity contribution is 7.89. The number of rotatable bonds is 5. The molecule has 0 aromatic rings. The first-order valence-electron chi connectivity index (χ1n) is 5.01. The van der Waals surface area contributed by atoms with Crippen molar-refractivity contribution in [3.63, 3.8) is 0 Å². The number of amides is 1. The summed E-state index contributed by atoms with van der Waals surface area (Å²) in [5.41, 5.74) is 0. The lowest BCUT2D eigenvalue weighted by Gasteiger charge is -2.25. The molecule has 2 N–H and O–H groups in total. The van der Waals surface area contributed by atoms with Gasteiger partial charge in [0.15, 0.2) is 0 Å². The summed E-state index contributed by atoms with van der Waals surface area (Å²) in [5.74, 6) is -0.179. The zero-order chi connectivity index (χ0) is 11.3. The second-order valence-electron chi connectivity index (χ2n) is 3.35. The highest BCUT2D eigenvalue weighted by Gasteiger charge is 2.26. The van der Waals surface area contributed by atoms with Crippen molar-refractivity contribution in [3.8, 4) is 0 Å². The van der Waals surface area contributed by atoms with Gasteiger partial charge in [0, 0.05) is 19.6 Å². The van der Waals surface area contributed by atoms with Crippen LogP contribution in [0.4, 0.5) is 0 Å². The van der Waals surface area contributed by atoms with Crippen molar-refractivity contribution in [2.45, 2.75) is 6.92 Å². The smallest absolute Gasteiger partial charge is 0.235 e. The van der Waals surface area contributed by atoms with Crippen LogP contribution in [-0.4, -0.2) is 57.1 Å². The SMILES string of the molecule is CCNCCS(=O)(=O)N1CCNC(=O)C1. The summed E-state index contributed by atoms with van der Waals surface area (Å²) in [6.07, 6.45) is 0. The van der Waals surface area contributed by atoms with Crippen molar-refractivity contribution in [3.05, 3.63) is 0 Å². The van der Waals surface area contributed by atoms with E-state index in [-0.39, 0.29) is 18.2 Å². The minimum atomic E-state index is -3.28. The molecule has 7 heteroatoms. The average molecular weight is 235 g/mol. The van der Waals surface area contributed by atoms with E-state index in [1.54, 1.807) is 0 Å². The van der Waals surface area contributed by atoms with Gasteiger partial charge in [0.1, 0.15) is 0 Å². The number of piperazine rings is 1. The number of carbonyl (C=O) groups is 1. The van der Waals surface area contributed by atoms with Crippen LogP contribution >= 0.6 is 0 Å². The van der Waals surface area contributed by atoms with Crippen molar-refractivity contribution < 1.29 is 13.2 Å². The van der Waals surface area contributed by atoms with Crippen molar-refractivity contribution >= 4 is 15.9 Å². The van der Waals surface area contributed by atoms with E-state index in [1.165, 1.54) is 4.31 Å². The number of hydrogen-bond acceptors (Lipinski definition) is 4. The Morgan fingerprint density at radius 3 is 2.87 bits per heavy atom. The van der Waals surface area contributed by atoms with Crippen LogP contribution in [0.2, 0.25) is 0 Å². The molecule has 0 spiro atoms. The van der Waals surface area contributed by atoms with Crippen molar-refractivity contribution in [1.82, 2.24) is 14.9 Å². The lowest BCUT2D eigenvalue weighted by Crippen LogP contribution is -2.51. The third-order valence-corrected chi connectivity index (χ3v) is 4.00. The predicted molar refractivity (Wildman–Crippen MR) is 56.9 cm³/mol. The van der Waals surface area contributed by atoms with Crippen LogP contribution in [0.25, 0.3) is 0 Å². The summed E-state index contributed by atoms with van der Waals surface area (Å²) in [7, 11) is -3.28. The van der Waals surface area contributed by atoms with E-state index in [9.17, 15) is 13.2 Å². The first-order chi connectivity index (χ1) is 7.06. The fraction of sp³-hybridized carbons (Fsp3) is 0.875. The first-order valence-corrected chi connectivity index (χ1v) is 6.62. The molecule has 15 heavy (non-hydrogen) atoms. The van der Waals surface area contributed by atoms with Gasteiger partial charge in [-0.3, -0.25) is 4.79 Å². The summed E-state index contributed by atoms with van der Waals surface area (Å²) in [6.45, 7) is 3.82. The second-order valence-corrected chi connectivity index (χ2v) is 5.44. The monoisotopic (exact) mass is 235 g/mol. The summed E-state index contributed by atoms with van der Waals surface area (Å²) >= 11 is 0. The maximum Gasteiger partial charge on any atom is 0.235 e. The van der Waals surface area contributed by atoms with Crippen molar-refractivity contribution in [2.75, 3.05) is 38.5 Å². The van der Waals surface area contributed by atoms with Gasteiger partial charge in [0.05, 0.1) is 12.3 Å². The van der Waals surface area contributed by atoms with E-state index >= 15 is 0 Å². The Balaban J connectivity index is 2.49. The lowest BCUT2D eigenvalue weighted by atomic mass is 10.4. The highest BCUT2D eigenvalue weighted by atomic mass is 32.2. The Labute approximate surface area is 90.1 Å². The molecule has 1 fully saturated rings. The Bertz CT molecular complexity index is 315.